The fourth-order valence-electron chi connectivity index (χ4n) is 3.09. The average Bonchev–Trinajstić information content (AvgIpc) is 2.53. The lowest BCUT2D eigenvalue weighted by Crippen LogP contribution is -2.51. The zero-order valence-corrected chi connectivity index (χ0v) is 8.57. The lowest BCUT2D eigenvalue weighted by atomic mass is 9.53. The van der Waals surface area contributed by atoms with Gasteiger partial charge in [-0.1, -0.05) is 12.0 Å². The maximum atomic E-state index is 10.8. The molecule has 0 unspecified atom stereocenters. The summed E-state index contributed by atoms with van der Waals surface area (Å²) in [6.07, 6.45) is 9.41. The van der Waals surface area contributed by atoms with Crippen molar-refractivity contribution >= 4 is 5.97 Å². The van der Waals surface area contributed by atoms with Crippen LogP contribution in [-0.2, 0) is 4.79 Å². The molecule has 0 amide bonds. The molecule has 0 radical (unpaired) electrons. The van der Waals surface area contributed by atoms with E-state index in [0.717, 1.165) is 18.4 Å². The molecular weight excluding hydrogens is 190 g/mol. The molecule has 80 valence electrons. The molecule has 0 aromatic carbocycles. The quantitative estimate of drug-likeness (QED) is 0.676. The highest BCUT2D eigenvalue weighted by molar-refractivity contribution is 5.68. The summed E-state index contributed by atoms with van der Waals surface area (Å²) >= 11 is 0. The van der Waals surface area contributed by atoms with Gasteiger partial charge in [0.2, 0.25) is 0 Å². The van der Waals surface area contributed by atoms with Crippen molar-refractivity contribution in [2.75, 3.05) is 6.54 Å². The number of rotatable bonds is 3. The van der Waals surface area contributed by atoms with Crippen LogP contribution in [0.25, 0.3) is 0 Å². The molecule has 0 heterocycles. The van der Waals surface area contributed by atoms with Crippen molar-refractivity contribution in [2.45, 2.75) is 19.3 Å². The Hall–Kier alpha value is -1.27. The molecule has 2 aliphatic carbocycles. The predicted octanol–water partition coefficient (Wildman–Crippen LogP) is 1.01. The lowest BCUT2D eigenvalue weighted by Gasteiger charge is -2.51. The third-order valence-electron chi connectivity index (χ3n) is 3.84. The fourth-order valence-corrected chi connectivity index (χ4v) is 3.09. The first-order chi connectivity index (χ1) is 7.11. The van der Waals surface area contributed by atoms with Gasteiger partial charge in [-0.05, 0) is 42.2 Å². The zero-order valence-electron chi connectivity index (χ0n) is 8.57. The zero-order chi connectivity index (χ0) is 11.1. The SMILES string of the molecule is C#CC1=C[C@@H]2[C@H](C1)C[C@]2(CN)CC(=O)O. The third kappa shape index (κ3) is 1.46. The van der Waals surface area contributed by atoms with Crippen molar-refractivity contribution in [2.24, 2.45) is 23.0 Å². The summed E-state index contributed by atoms with van der Waals surface area (Å²) in [5.41, 5.74) is 6.51. The average molecular weight is 205 g/mol. The number of terminal acetylenes is 1. The van der Waals surface area contributed by atoms with Crippen molar-refractivity contribution in [3.63, 3.8) is 0 Å². The molecule has 3 heteroatoms. The summed E-state index contributed by atoms with van der Waals surface area (Å²) in [6.45, 7) is 0.439. The van der Waals surface area contributed by atoms with Crippen LogP contribution in [0.3, 0.4) is 0 Å². The van der Waals surface area contributed by atoms with E-state index < -0.39 is 5.97 Å². The molecule has 2 rings (SSSR count). The minimum Gasteiger partial charge on any atom is -0.481 e. The Morgan fingerprint density at radius 3 is 3.07 bits per heavy atom. The highest BCUT2D eigenvalue weighted by Crippen LogP contribution is 2.59. The van der Waals surface area contributed by atoms with E-state index in [-0.39, 0.29) is 11.8 Å². The van der Waals surface area contributed by atoms with Crippen LogP contribution in [0.2, 0.25) is 0 Å². The second-order valence-corrected chi connectivity index (χ2v) is 4.67. The number of nitrogens with two attached hydrogens (primary N) is 1. The van der Waals surface area contributed by atoms with Crippen LogP contribution in [0.5, 0.6) is 0 Å². The standard InChI is InChI=1S/C12H15NO2/c1-2-8-3-9-5-12(7-13,6-11(14)15)10(9)4-8/h1,4,9-10H,3,5-7,13H2,(H,14,15)/t9-,10-,12-/m1/s1. The predicted molar refractivity (Wildman–Crippen MR) is 56.9 cm³/mol. The highest BCUT2D eigenvalue weighted by Gasteiger charge is 2.54. The third-order valence-corrected chi connectivity index (χ3v) is 3.84. The number of allylic oxidation sites excluding steroid dienone is 2. The largest absolute Gasteiger partial charge is 0.481 e. The Balaban J connectivity index is 2.16. The first-order valence-electron chi connectivity index (χ1n) is 5.20. The molecule has 3 nitrogen and oxygen atoms in total. The Kier molecular flexibility index (Phi) is 2.32. The smallest absolute Gasteiger partial charge is 0.303 e. The fraction of sp³-hybridized carbons (Fsp3) is 0.583. The van der Waals surface area contributed by atoms with E-state index in [1.165, 1.54) is 0 Å². The number of carboxylic acid groups (broad SMARTS) is 1. The number of carboxylic acids is 1. The van der Waals surface area contributed by atoms with Gasteiger partial charge in [0.05, 0.1) is 6.42 Å². The number of fused-ring (bicyclic) bond motifs is 1. The minimum atomic E-state index is -0.763. The maximum Gasteiger partial charge on any atom is 0.303 e. The monoisotopic (exact) mass is 205 g/mol. The Morgan fingerprint density at radius 1 is 1.80 bits per heavy atom. The number of carbonyl (C=O) groups is 1. The molecule has 2 aliphatic rings. The number of hydrogen-bond donors (Lipinski definition) is 2. The molecule has 0 spiro atoms. The van der Waals surface area contributed by atoms with Crippen molar-refractivity contribution in [1.82, 2.24) is 0 Å². The summed E-state index contributed by atoms with van der Waals surface area (Å²) in [5.74, 6) is 2.73. The van der Waals surface area contributed by atoms with Gasteiger partial charge >= 0.3 is 5.97 Å². The first kappa shape index (κ1) is 10.3. The van der Waals surface area contributed by atoms with Gasteiger partial charge in [0.15, 0.2) is 0 Å². The molecule has 15 heavy (non-hydrogen) atoms. The molecule has 3 atom stereocenters. The van der Waals surface area contributed by atoms with Crippen molar-refractivity contribution in [3.8, 4) is 12.3 Å². The molecule has 0 aromatic rings. The van der Waals surface area contributed by atoms with Gasteiger partial charge in [0.25, 0.3) is 0 Å². The van der Waals surface area contributed by atoms with Crippen LogP contribution in [0.4, 0.5) is 0 Å². The van der Waals surface area contributed by atoms with E-state index in [0.29, 0.717) is 18.4 Å². The highest BCUT2D eigenvalue weighted by atomic mass is 16.4. The van der Waals surface area contributed by atoms with Crippen LogP contribution in [0.15, 0.2) is 11.6 Å². The Bertz CT molecular complexity index is 366. The van der Waals surface area contributed by atoms with Gasteiger partial charge in [-0.25, -0.2) is 0 Å². The molecule has 3 N–H and O–H groups in total. The van der Waals surface area contributed by atoms with Gasteiger partial charge < -0.3 is 10.8 Å². The van der Waals surface area contributed by atoms with Crippen LogP contribution in [0, 0.1) is 29.6 Å². The van der Waals surface area contributed by atoms with Crippen molar-refractivity contribution in [3.05, 3.63) is 11.6 Å². The summed E-state index contributed by atoms with van der Waals surface area (Å²) in [5, 5.41) is 8.87. The van der Waals surface area contributed by atoms with Crippen LogP contribution >= 0.6 is 0 Å². The summed E-state index contributed by atoms with van der Waals surface area (Å²) < 4.78 is 0. The van der Waals surface area contributed by atoms with E-state index in [9.17, 15) is 4.79 Å². The van der Waals surface area contributed by atoms with Crippen LogP contribution in [-0.4, -0.2) is 17.6 Å². The number of hydrogen-bond acceptors (Lipinski definition) is 2. The molecule has 1 fully saturated rings. The molecule has 0 saturated heterocycles. The molecular formula is C12H15NO2. The van der Waals surface area contributed by atoms with Gasteiger partial charge in [-0.15, -0.1) is 6.42 Å². The van der Waals surface area contributed by atoms with E-state index in [2.05, 4.69) is 12.0 Å². The maximum absolute atomic E-state index is 10.8. The van der Waals surface area contributed by atoms with E-state index in [4.69, 9.17) is 17.3 Å². The molecule has 0 aromatic heterocycles. The van der Waals surface area contributed by atoms with Gasteiger partial charge in [0, 0.05) is 0 Å². The lowest BCUT2D eigenvalue weighted by molar-refractivity contribution is -0.144. The summed E-state index contributed by atoms with van der Waals surface area (Å²) in [4.78, 5) is 10.8. The Labute approximate surface area is 89.3 Å². The Morgan fingerprint density at radius 2 is 2.53 bits per heavy atom. The van der Waals surface area contributed by atoms with Crippen LogP contribution < -0.4 is 5.73 Å². The topological polar surface area (TPSA) is 63.3 Å². The minimum absolute atomic E-state index is 0.166. The van der Waals surface area contributed by atoms with Crippen molar-refractivity contribution < 1.29 is 9.90 Å². The van der Waals surface area contributed by atoms with Gasteiger partial charge in [-0.2, -0.15) is 0 Å². The normalized spacial score (nSPS) is 37.5. The summed E-state index contributed by atoms with van der Waals surface area (Å²) in [7, 11) is 0. The molecule has 0 bridgehead atoms. The molecule has 1 saturated carbocycles. The summed E-state index contributed by atoms with van der Waals surface area (Å²) in [6, 6.07) is 0. The second-order valence-electron chi connectivity index (χ2n) is 4.67. The van der Waals surface area contributed by atoms with E-state index in [1.807, 2.05) is 0 Å². The molecule has 0 aliphatic heterocycles. The van der Waals surface area contributed by atoms with E-state index in [1.54, 1.807) is 0 Å². The van der Waals surface area contributed by atoms with Crippen molar-refractivity contribution in [1.29, 1.82) is 0 Å². The number of aliphatic carboxylic acids is 1. The first-order valence-corrected chi connectivity index (χ1v) is 5.20. The van der Waals surface area contributed by atoms with Gasteiger partial charge in [-0.3, -0.25) is 4.79 Å². The van der Waals surface area contributed by atoms with E-state index >= 15 is 0 Å². The van der Waals surface area contributed by atoms with Gasteiger partial charge in [0.1, 0.15) is 0 Å². The second kappa shape index (κ2) is 3.39. The van der Waals surface area contributed by atoms with Crippen LogP contribution in [0.1, 0.15) is 19.3 Å².